The Balaban J connectivity index is 1.60. The lowest BCUT2D eigenvalue weighted by Gasteiger charge is -2.16. The van der Waals surface area contributed by atoms with E-state index in [2.05, 4.69) is 17.4 Å². The molecule has 0 aliphatic heterocycles. The Morgan fingerprint density at radius 1 is 1.05 bits per heavy atom. The van der Waals surface area contributed by atoms with Gasteiger partial charge in [0.1, 0.15) is 12.4 Å². The normalized spacial score (nSPS) is 15.0. The molecule has 0 bridgehead atoms. The van der Waals surface area contributed by atoms with Crippen LogP contribution >= 0.6 is 0 Å². The summed E-state index contributed by atoms with van der Waals surface area (Å²) in [5, 5.41) is 3.53. The fraction of sp³-hybridized carbons (Fsp3) is 0.333. The van der Waals surface area contributed by atoms with Gasteiger partial charge in [-0.2, -0.15) is 0 Å². The van der Waals surface area contributed by atoms with E-state index in [-0.39, 0.29) is 0 Å². The van der Waals surface area contributed by atoms with Crippen molar-refractivity contribution in [3.8, 4) is 5.75 Å². The number of hydrogen-bond donors (Lipinski definition) is 2. The van der Waals surface area contributed by atoms with Crippen molar-refractivity contribution in [1.29, 1.82) is 0 Å². The third kappa shape index (κ3) is 3.69. The quantitative estimate of drug-likeness (QED) is 0.808. The van der Waals surface area contributed by atoms with Crippen molar-refractivity contribution in [2.24, 2.45) is 0 Å². The minimum Gasteiger partial charge on any atom is -0.489 e. The Hall–Kier alpha value is -2.16. The van der Waals surface area contributed by atoms with Crippen LogP contribution in [0.25, 0.3) is 0 Å². The van der Waals surface area contributed by atoms with E-state index in [9.17, 15) is 0 Å². The van der Waals surface area contributed by atoms with Gasteiger partial charge in [0.25, 0.3) is 0 Å². The lowest BCUT2D eigenvalue weighted by atomic mass is 10.2. The van der Waals surface area contributed by atoms with Gasteiger partial charge in [-0.3, -0.25) is 0 Å². The van der Waals surface area contributed by atoms with Crippen LogP contribution in [0.4, 0.5) is 11.4 Å². The zero-order chi connectivity index (χ0) is 14.5. The maximum atomic E-state index is 6.13. The van der Waals surface area contributed by atoms with Crippen LogP contribution < -0.4 is 15.8 Å². The predicted octanol–water partition coefficient (Wildman–Crippen LogP) is 4.20. The first kappa shape index (κ1) is 13.8. The molecule has 0 radical (unpaired) electrons. The number of rotatable bonds is 5. The van der Waals surface area contributed by atoms with E-state index in [1.165, 1.54) is 25.7 Å². The molecule has 1 aliphatic rings. The van der Waals surface area contributed by atoms with Crippen LogP contribution in [0.5, 0.6) is 5.75 Å². The number of nitrogens with one attached hydrogen (secondary N) is 1. The first-order chi connectivity index (χ1) is 10.3. The summed E-state index contributed by atoms with van der Waals surface area (Å²) in [6, 6.07) is 16.6. The fourth-order valence-corrected chi connectivity index (χ4v) is 2.79. The highest BCUT2D eigenvalue weighted by atomic mass is 16.5. The minimum atomic E-state index is 0.565. The fourth-order valence-electron chi connectivity index (χ4n) is 2.79. The molecule has 0 unspecified atom stereocenters. The lowest BCUT2D eigenvalue weighted by Crippen LogP contribution is -2.15. The van der Waals surface area contributed by atoms with Crippen molar-refractivity contribution >= 4 is 11.4 Å². The summed E-state index contributed by atoms with van der Waals surface area (Å²) >= 11 is 0. The van der Waals surface area contributed by atoms with Crippen LogP contribution in [0.3, 0.4) is 0 Å². The molecule has 21 heavy (non-hydrogen) atoms. The summed E-state index contributed by atoms with van der Waals surface area (Å²) in [6.45, 7) is 0.565. The van der Waals surface area contributed by atoms with Crippen molar-refractivity contribution in [3.05, 3.63) is 54.1 Å². The molecule has 1 fully saturated rings. The molecule has 3 nitrogen and oxygen atoms in total. The molecule has 3 N–H and O–H groups in total. The first-order valence-corrected chi connectivity index (χ1v) is 7.64. The predicted molar refractivity (Wildman–Crippen MR) is 87.5 cm³/mol. The van der Waals surface area contributed by atoms with Crippen LogP contribution in [-0.2, 0) is 6.61 Å². The van der Waals surface area contributed by atoms with Gasteiger partial charge in [0.2, 0.25) is 0 Å². The van der Waals surface area contributed by atoms with Crippen molar-refractivity contribution in [2.75, 3.05) is 11.1 Å². The molecule has 1 saturated carbocycles. The van der Waals surface area contributed by atoms with Gasteiger partial charge in [-0.05, 0) is 30.5 Å². The van der Waals surface area contributed by atoms with Crippen molar-refractivity contribution < 1.29 is 4.74 Å². The highest BCUT2D eigenvalue weighted by molar-refractivity contribution is 5.68. The number of nitrogen functional groups attached to an aromatic ring is 1. The molecule has 0 aromatic heterocycles. The van der Waals surface area contributed by atoms with Gasteiger partial charge in [0.05, 0.1) is 11.4 Å². The minimum absolute atomic E-state index is 0.565. The van der Waals surface area contributed by atoms with Gasteiger partial charge in [-0.25, -0.2) is 0 Å². The molecule has 1 aliphatic carbocycles. The highest BCUT2D eigenvalue weighted by Gasteiger charge is 2.15. The molecule has 110 valence electrons. The molecular weight excluding hydrogens is 260 g/mol. The van der Waals surface area contributed by atoms with Crippen LogP contribution in [0.2, 0.25) is 0 Å². The first-order valence-electron chi connectivity index (χ1n) is 7.64. The van der Waals surface area contributed by atoms with Gasteiger partial charge in [0, 0.05) is 12.1 Å². The number of nitrogens with two attached hydrogens (primary N) is 1. The monoisotopic (exact) mass is 282 g/mol. The second kappa shape index (κ2) is 6.53. The maximum Gasteiger partial charge on any atom is 0.122 e. The molecule has 0 spiro atoms. The van der Waals surface area contributed by atoms with E-state index in [1.54, 1.807) is 0 Å². The molecule has 0 atom stereocenters. The van der Waals surface area contributed by atoms with Crippen molar-refractivity contribution in [2.45, 2.75) is 38.3 Å². The topological polar surface area (TPSA) is 47.3 Å². The average molecular weight is 282 g/mol. The molecule has 0 heterocycles. The zero-order valence-electron chi connectivity index (χ0n) is 12.2. The van der Waals surface area contributed by atoms with Gasteiger partial charge in [-0.1, -0.05) is 43.2 Å². The van der Waals surface area contributed by atoms with Crippen molar-refractivity contribution in [3.63, 3.8) is 0 Å². The number of ether oxygens (including phenoxy) is 1. The van der Waals surface area contributed by atoms with E-state index in [0.717, 1.165) is 22.7 Å². The maximum absolute atomic E-state index is 6.13. The molecule has 2 aromatic rings. The molecule has 2 aromatic carbocycles. The van der Waals surface area contributed by atoms with E-state index in [4.69, 9.17) is 10.5 Å². The Morgan fingerprint density at radius 2 is 1.81 bits per heavy atom. The molecule has 3 rings (SSSR count). The largest absolute Gasteiger partial charge is 0.489 e. The third-order valence-corrected chi connectivity index (χ3v) is 3.99. The van der Waals surface area contributed by atoms with Crippen LogP contribution in [0.1, 0.15) is 31.2 Å². The number of anilines is 2. The number of hydrogen-bond acceptors (Lipinski definition) is 3. The summed E-state index contributed by atoms with van der Waals surface area (Å²) in [4.78, 5) is 0. The summed E-state index contributed by atoms with van der Waals surface area (Å²) in [6.07, 6.45) is 5.11. The Kier molecular flexibility index (Phi) is 4.29. The van der Waals surface area contributed by atoms with Gasteiger partial charge < -0.3 is 15.8 Å². The second-order valence-corrected chi connectivity index (χ2v) is 5.65. The third-order valence-electron chi connectivity index (χ3n) is 3.99. The summed E-state index contributed by atoms with van der Waals surface area (Å²) in [5.41, 5.74) is 9.06. The molecular formula is C18H22N2O. The molecule has 3 heteroatoms. The smallest absolute Gasteiger partial charge is 0.122 e. The average Bonchev–Trinajstić information content (AvgIpc) is 3.02. The van der Waals surface area contributed by atoms with Crippen LogP contribution in [0.15, 0.2) is 48.5 Å². The van der Waals surface area contributed by atoms with E-state index in [0.29, 0.717) is 12.6 Å². The lowest BCUT2D eigenvalue weighted by molar-refractivity contribution is 0.306. The Bertz CT molecular complexity index is 577. The Labute approximate surface area is 126 Å². The van der Waals surface area contributed by atoms with Crippen molar-refractivity contribution in [1.82, 2.24) is 0 Å². The SMILES string of the molecule is Nc1cc(OCc2ccccc2)ccc1NC1CCCC1. The van der Waals surface area contributed by atoms with Crippen LogP contribution in [-0.4, -0.2) is 6.04 Å². The molecule has 0 saturated heterocycles. The van der Waals surface area contributed by atoms with E-state index < -0.39 is 0 Å². The molecule has 0 amide bonds. The van der Waals surface area contributed by atoms with Gasteiger partial charge in [0.15, 0.2) is 0 Å². The summed E-state index contributed by atoms with van der Waals surface area (Å²) in [7, 11) is 0. The van der Waals surface area contributed by atoms with Gasteiger partial charge in [-0.15, -0.1) is 0 Å². The zero-order valence-corrected chi connectivity index (χ0v) is 12.2. The number of benzene rings is 2. The van der Waals surface area contributed by atoms with Gasteiger partial charge >= 0.3 is 0 Å². The highest BCUT2D eigenvalue weighted by Crippen LogP contribution is 2.28. The standard InChI is InChI=1S/C18H22N2O/c19-17-12-16(21-13-14-6-2-1-3-7-14)10-11-18(17)20-15-8-4-5-9-15/h1-3,6-7,10-12,15,20H,4-5,8-9,13,19H2. The Morgan fingerprint density at radius 3 is 2.52 bits per heavy atom. The second-order valence-electron chi connectivity index (χ2n) is 5.65. The van der Waals surface area contributed by atoms with E-state index in [1.807, 2.05) is 36.4 Å². The summed E-state index contributed by atoms with van der Waals surface area (Å²) in [5.74, 6) is 0.813. The van der Waals surface area contributed by atoms with E-state index >= 15 is 0 Å². The van der Waals surface area contributed by atoms with Crippen LogP contribution in [0, 0.1) is 0 Å². The summed E-state index contributed by atoms with van der Waals surface area (Å²) < 4.78 is 5.79.